The fourth-order valence-corrected chi connectivity index (χ4v) is 0.981. The molecule has 0 spiro atoms. The van der Waals surface area contributed by atoms with Crippen molar-refractivity contribution in [3.63, 3.8) is 0 Å². The van der Waals surface area contributed by atoms with Gasteiger partial charge in [-0.25, -0.2) is 18.2 Å². The highest BCUT2D eigenvalue weighted by Crippen LogP contribution is 2.26. The lowest BCUT2D eigenvalue weighted by atomic mass is 10.2. The van der Waals surface area contributed by atoms with Crippen LogP contribution in [0.25, 0.3) is 0 Å². The van der Waals surface area contributed by atoms with Crippen LogP contribution in [-0.4, -0.2) is 17.2 Å². The lowest BCUT2D eigenvalue weighted by Crippen LogP contribution is -2.03. The van der Waals surface area contributed by atoms with Crippen molar-refractivity contribution < 1.29 is 23.0 Å². The summed E-state index contributed by atoms with van der Waals surface area (Å²) in [6.45, 7) is -0.684. The largest absolute Gasteiger partial charge is 0.479 e. The van der Waals surface area contributed by atoms with Crippen LogP contribution in [0.3, 0.4) is 0 Å². The second-order valence-corrected chi connectivity index (χ2v) is 2.47. The van der Waals surface area contributed by atoms with Gasteiger partial charge in [-0.1, -0.05) is 0 Å². The maximum Gasteiger partial charge on any atom is 0.265 e. The van der Waals surface area contributed by atoms with Gasteiger partial charge in [0.15, 0.2) is 5.82 Å². The highest BCUT2D eigenvalue weighted by molar-refractivity contribution is 5.28. The second kappa shape index (κ2) is 4.28. The Hall–Kier alpha value is -1.30. The van der Waals surface area contributed by atoms with E-state index in [0.717, 1.165) is 7.11 Å². The van der Waals surface area contributed by atoms with Gasteiger partial charge in [0.25, 0.3) is 6.43 Å². The van der Waals surface area contributed by atoms with E-state index in [1.165, 1.54) is 0 Å². The third-order valence-electron chi connectivity index (χ3n) is 1.63. The molecule has 0 aliphatic heterocycles. The van der Waals surface area contributed by atoms with E-state index >= 15 is 0 Å². The number of halogens is 3. The minimum absolute atomic E-state index is 0.279. The summed E-state index contributed by atoms with van der Waals surface area (Å²) < 4.78 is 41.9. The lowest BCUT2D eigenvalue weighted by molar-refractivity contribution is 0.145. The first-order valence-electron chi connectivity index (χ1n) is 3.72. The molecule has 1 N–H and O–H groups in total. The highest BCUT2D eigenvalue weighted by Gasteiger charge is 2.18. The molecule has 0 saturated heterocycles. The quantitative estimate of drug-likeness (QED) is 0.819. The number of hydrogen-bond acceptors (Lipinski definition) is 3. The standard InChI is InChI=1S/C8H8F3NO2/c1-14-8-5(9)2-4(7(10)11)6(3-13)12-8/h2,7,13H,3H2,1H3. The molecule has 1 heterocycles. The minimum Gasteiger partial charge on any atom is -0.479 e. The summed E-state index contributed by atoms with van der Waals surface area (Å²) in [6.07, 6.45) is -2.87. The van der Waals surface area contributed by atoms with Gasteiger partial charge in [0.1, 0.15) is 0 Å². The van der Waals surface area contributed by atoms with Gasteiger partial charge in [-0.2, -0.15) is 0 Å². The highest BCUT2D eigenvalue weighted by atomic mass is 19.3. The van der Waals surface area contributed by atoms with Crippen molar-refractivity contribution in [3.05, 3.63) is 23.1 Å². The first kappa shape index (κ1) is 10.8. The van der Waals surface area contributed by atoms with Crippen LogP contribution < -0.4 is 4.74 Å². The van der Waals surface area contributed by atoms with E-state index in [4.69, 9.17) is 5.11 Å². The zero-order chi connectivity index (χ0) is 10.7. The number of nitrogens with zero attached hydrogens (tertiary/aromatic N) is 1. The monoisotopic (exact) mass is 207 g/mol. The summed E-state index contributed by atoms with van der Waals surface area (Å²) in [5.74, 6) is -1.38. The van der Waals surface area contributed by atoms with Crippen LogP contribution in [-0.2, 0) is 6.61 Å². The normalized spacial score (nSPS) is 10.7. The van der Waals surface area contributed by atoms with Gasteiger partial charge in [0.2, 0.25) is 5.88 Å². The van der Waals surface area contributed by atoms with Gasteiger partial charge < -0.3 is 9.84 Å². The van der Waals surface area contributed by atoms with Crippen molar-refractivity contribution in [1.29, 1.82) is 0 Å². The summed E-state index contributed by atoms with van der Waals surface area (Å²) >= 11 is 0. The number of pyridine rings is 1. The molecule has 6 heteroatoms. The first-order chi connectivity index (χ1) is 6.60. The predicted octanol–water partition coefficient (Wildman–Crippen LogP) is 1.66. The van der Waals surface area contributed by atoms with Gasteiger partial charge in [-0.15, -0.1) is 0 Å². The predicted molar refractivity (Wildman–Crippen MR) is 41.6 cm³/mol. The Morgan fingerprint density at radius 3 is 2.64 bits per heavy atom. The van der Waals surface area contributed by atoms with Crippen molar-refractivity contribution in [2.24, 2.45) is 0 Å². The van der Waals surface area contributed by atoms with Crippen LogP contribution in [0.4, 0.5) is 13.2 Å². The van der Waals surface area contributed by atoms with Crippen LogP contribution in [0.5, 0.6) is 5.88 Å². The average molecular weight is 207 g/mol. The zero-order valence-electron chi connectivity index (χ0n) is 7.30. The van der Waals surface area contributed by atoms with E-state index in [0.29, 0.717) is 6.07 Å². The number of aromatic nitrogens is 1. The molecule has 0 atom stereocenters. The maximum absolute atomic E-state index is 12.9. The molecule has 0 radical (unpaired) electrons. The number of methoxy groups -OCH3 is 1. The van der Waals surface area contributed by atoms with E-state index in [1.807, 2.05) is 0 Å². The van der Waals surface area contributed by atoms with E-state index in [2.05, 4.69) is 9.72 Å². The minimum atomic E-state index is -2.87. The van der Waals surface area contributed by atoms with Gasteiger partial charge in [0, 0.05) is 5.56 Å². The fourth-order valence-electron chi connectivity index (χ4n) is 0.981. The van der Waals surface area contributed by atoms with Gasteiger partial charge in [0.05, 0.1) is 19.4 Å². The van der Waals surface area contributed by atoms with E-state index in [-0.39, 0.29) is 5.69 Å². The number of rotatable bonds is 3. The van der Waals surface area contributed by atoms with Crippen molar-refractivity contribution >= 4 is 0 Å². The van der Waals surface area contributed by atoms with Gasteiger partial charge in [-0.3, -0.25) is 0 Å². The molecule has 78 valence electrons. The Bertz CT molecular complexity index is 331. The van der Waals surface area contributed by atoms with Crippen molar-refractivity contribution in [1.82, 2.24) is 4.98 Å². The third kappa shape index (κ3) is 1.95. The fraction of sp³-hybridized carbons (Fsp3) is 0.375. The van der Waals surface area contributed by atoms with Gasteiger partial charge >= 0.3 is 0 Å². The molecule has 0 aromatic carbocycles. The zero-order valence-corrected chi connectivity index (χ0v) is 7.30. The number of aliphatic hydroxyl groups excluding tert-OH is 1. The maximum atomic E-state index is 12.9. The second-order valence-electron chi connectivity index (χ2n) is 2.47. The smallest absolute Gasteiger partial charge is 0.265 e. The van der Waals surface area contributed by atoms with E-state index < -0.39 is 30.3 Å². The Morgan fingerprint density at radius 1 is 1.57 bits per heavy atom. The first-order valence-corrected chi connectivity index (χ1v) is 3.72. The molecule has 14 heavy (non-hydrogen) atoms. The number of ether oxygens (including phenoxy) is 1. The van der Waals surface area contributed by atoms with Gasteiger partial charge in [-0.05, 0) is 6.07 Å². The average Bonchev–Trinajstić information content (AvgIpc) is 2.17. The Labute approximate surface area is 78.2 Å². The van der Waals surface area contributed by atoms with Crippen molar-refractivity contribution in [2.45, 2.75) is 13.0 Å². The summed E-state index contributed by atoms with van der Waals surface area (Å²) in [5, 5.41) is 8.70. The molecule has 0 saturated carbocycles. The molecule has 0 fully saturated rings. The summed E-state index contributed by atoms with van der Waals surface area (Å²) in [6, 6.07) is 0.613. The summed E-state index contributed by atoms with van der Waals surface area (Å²) in [4.78, 5) is 3.40. The van der Waals surface area contributed by atoms with Crippen molar-refractivity contribution in [2.75, 3.05) is 7.11 Å². The van der Waals surface area contributed by atoms with Crippen LogP contribution in [0.15, 0.2) is 6.07 Å². The Balaban J connectivity index is 3.24. The van der Waals surface area contributed by atoms with E-state index in [1.54, 1.807) is 0 Å². The SMILES string of the molecule is COc1nc(CO)c(C(F)F)cc1F. The molecule has 0 bridgehead atoms. The molecule has 1 rings (SSSR count). The van der Waals surface area contributed by atoms with Crippen LogP contribution in [0, 0.1) is 5.82 Å². The topological polar surface area (TPSA) is 42.4 Å². The van der Waals surface area contributed by atoms with Crippen LogP contribution in [0.2, 0.25) is 0 Å². The number of aliphatic hydroxyl groups is 1. The molecule has 1 aromatic heterocycles. The van der Waals surface area contributed by atoms with Crippen LogP contribution in [0.1, 0.15) is 17.7 Å². The van der Waals surface area contributed by atoms with Crippen LogP contribution >= 0.6 is 0 Å². The third-order valence-corrected chi connectivity index (χ3v) is 1.63. The van der Waals surface area contributed by atoms with Crippen molar-refractivity contribution in [3.8, 4) is 5.88 Å². The lowest BCUT2D eigenvalue weighted by Gasteiger charge is -2.08. The molecule has 0 amide bonds. The molecular formula is C8H8F3NO2. The summed E-state index contributed by atoms with van der Waals surface area (Å²) in [5.41, 5.74) is -0.899. The molecule has 0 aliphatic carbocycles. The molecule has 0 unspecified atom stereocenters. The van der Waals surface area contributed by atoms with E-state index in [9.17, 15) is 13.2 Å². The summed E-state index contributed by atoms with van der Waals surface area (Å²) in [7, 11) is 1.16. The Morgan fingerprint density at radius 2 is 2.21 bits per heavy atom. The number of alkyl halides is 2. The Kier molecular flexibility index (Phi) is 3.29. The number of hydrogen-bond donors (Lipinski definition) is 1. The molecule has 1 aromatic rings. The molecular weight excluding hydrogens is 199 g/mol. The molecule has 0 aliphatic rings. The molecule has 3 nitrogen and oxygen atoms in total.